The monoisotopic (exact) mass is 345 g/mol. The number of sulfonamides is 1. The fraction of sp³-hybridized carbons (Fsp3) is 0.600. The summed E-state index contributed by atoms with van der Waals surface area (Å²) in [5, 5.41) is 0. The minimum absolute atomic E-state index is 0.0163. The number of benzene rings is 1. The number of halogens is 1. The molecule has 0 bridgehead atoms. The summed E-state index contributed by atoms with van der Waals surface area (Å²) in [5.41, 5.74) is -0.475. The average molecular weight is 345 g/mol. The van der Waals surface area contributed by atoms with Crippen LogP contribution >= 0.6 is 0 Å². The topological polar surface area (TPSA) is 65.1 Å². The molecule has 0 unspecified atom stereocenters. The molecule has 0 N–H and O–H groups in total. The van der Waals surface area contributed by atoms with Crippen LogP contribution in [0.1, 0.15) is 12.8 Å². The smallest absolute Gasteiger partial charge is 0.243 e. The molecule has 0 saturated carbocycles. The van der Waals surface area contributed by atoms with Gasteiger partial charge in [0.1, 0.15) is 0 Å². The summed E-state index contributed by atoms with van der Waals surface area (Å²) in [6.45, 7) is 1.09. The lowest BCUT2D eigenvalue weighted by Crippen LogP contribution is -2.67. The van der Waals surface area contributed by atoms with Crippen LogP contribution in [0.3, 0.4) is 0 Å². The first-order valence-electron chi connectivity index (χ1n) is 7.41. The fourth-order valence-electron chi connectivity index (χ4n) is 3.13. The Hall–Kier alpha value is -1.22. The van der Waals surface area contributed by atoms with Crippen molar-refractivity contribution < 1.29 is 27.0 Å². The predicted molar refractivity (Wildman–Crippen MR) is 80.4 cm³/mol. The second-order valence-electron chi connectivity index (χ2n) is 5.95. The highest BCUT2D eigenvalue weighted by Crippen LogP contribution is 2.38. The zero-order valence-electron chi connectivity index (χ0n) is 13.1. The SMILES string of the molecule is COc1ccc(S(=O)(=O)N2CC3(C[C@@H](OC)CCO3)C2)cc1F. The molecule has 23 heavy (non-hydrogen) atoms. The highest BCUT2D eigenvalue weighted by atomic mass is 32.2. The van der Waals surface area contributed by atoms with E-state index in [9.17, 15) is 12.8 Å². The van der Waals surface area contributed by atoms with E-state index >= 15 is 0 Å². The van der Waals surface area contributed by atoms with Gasteiger partial charge in [-0.2, -0.15) is 4.31 Å². The quantitative estimate of drug-likeness (QED) is 0.825. The Bertz CT molecular complexity index is 687. The van der Waals surface area contributed by atoms with Crippen molar-refractivity contribution in [2.24, 2.45) is 0 Å². The molecule has 128 valence electrons. The van der Waals surface area contributed by atoms with Gasteiger partial charge in [-0.05, 0) is 24.6 Å². The van der Waals surface area contributed by atoms with Crippen LogP contribution in [0.2, 0.25) is 0 Å². The van der Waals surface area contributed by atoms with Crippen molar-refractivity contribution in [1.82, 2.24) is 4.31 Å². The zero-order valence-corrected chi connectivity index (χ0v) is 13.9. The molecule has 1 spiro atoms. The summed E-state index contributed by atoms with van der Waals surface area (Å²) < 4.78 is 56.2. The van der Waals surface area contributed by atoms with E-state index in [1.807, 2.05) is 0 Å². The Labute approximate surface area is 135 Å². The van der Waals surface area contributed by atoms with Crippen molar-refractivity contribution in [3.8, 4) is 5.75 Å². The molecule has 0 aliphatic carbocycles. The van der Waals surface area contributed by atoms with Gasteiger partial charge in [-0.25, -0.2) is 12.8 Å². The van der Waals surface area contributed by atoms with Gasteiger partial charge in [0.05, 0.1) is 23.7 Å². The van der Waals surface area contributed by atoms with Gasteiger partial charge in [-0.15, -0.1) is 0 Å². The molecule has 1 atom stereocenters. The summed E-state index contributed by atoms with van der Waals surface area (Å²) in [6, 6.07) is 3.65. The Morgan fingerprint density at radius 3 is 2.70 bits per heavy atom. The van der Waals surface area contributed by atoms with Crippen LogP contribution in [0.15, 0.2) is 23.1 Å². The average Bonchev–Trinajstić information content (AvgIpc) is 2.52. The van der Waals surface area contributed by atoms with Gasteiger partial charge in [-0.1, -0.05) is 0 Å². The van der Waals surface area contributed by atoms with Crippen molar-refractivity contribution in [2.45, 2.75) is 29.4 Å². The molecule has 6 nitrogen and oxygen atoms in total. The summed E-state index contributed by atoms with van der Waals surface area (Å²) in [5.74, 6) is -0.681. The molecule has 1 aromatic rings. The van der Waals surface area contributed by atoms with Gasteiger partial charge < -0.3 is 14.2 Å². The van der Waals surface area contributed by atoms with Crippen molar-refractivity contribution in [3.63, 3.8) is 0 Å². The molecule has 1 aromatic carbocycles. The largest absolute Gasteiger partial charge is 0.494 e. The maximum Gasteiger partial charge on any atom is 0.243 e. The maximum absolute atomic E-state index is 13.8. The van der Waals surface area contributed by atoms with E-state index in [1.165, 1.54) is 23.5 Å². The van der Waals surface area contributed by atoms with E-state index in [2.05, 4.69) is 0 Å². The molecule has 2 saturated heterocycles. The molecule has 2 fully saturated rings. The van der Waals surface area contributed by atoms with E-state index in [-0.39, 0.29) is 29.8 Å². The van der Waals surface area contributed by atoms with Crippen LogP contribution in [-0.4, -0.2) is 58.3 Å². The number of methoxy groups -OCH3 is 2. The number of nitrogens with zero attached hydrogens (tertiary/aromatic N) is 1. The maximum atomic E-state index is 13.8. The molecule has 3 rings (SSSR count). The minimum atomic E-state index is -3.73. The van der Waals surface area contributed by atoms with E-state index < -0.39 is 21.4 Å². The van der Waals surface area contributed by atoms with Gasteiger partial charge in [0, 0.05) is 33.2 Å². The summed E-state index contributed by atoms with van der Waals surface area (Å²) in [7, 11) is -0.751. The molecule has 0 amide bonds. The molecule has 2 aliphatic rings. The Kier molecular flexibility index (Phi) is 4.35. The first-order chi connectivity index (χ1) is 10.9. The second-order valence-corrected chi connectivity index (χ2v) is 7.89. The van der Waals surface area contributed by atoms with Crippen molar-refractivity contribution >= 4 is 10.0 Å². The normalized spacial score (nSPS) is 24.4. The van der Waals surface area contributed by atoms with Crippen molar-refractivity contribution in [3.05, 3.63) is 24.0 Å². The van der Waals surface area contributed by atoms with E-state index in [0.717, 1.165) is 12.5 Å². The Morgan fingerprint density at radius 1 is 1.35 bits per heavy atom. The second kappa shape index (κ2) is 6.01. The lowest BCUT2D eigenvalue weighted by atomic mass is 9.86. The standard InChI is InChI=1S/C15H20FNO5S/c1-20-11-5-6-22-15(8-11)9-17(10-15)23(18,19)12-3-4-14(21-2)13(16)7-12/h3-4,7,11H,5-6,8-10H2,1-2H3/t11-/m0/s1. The molecular weight excluding hydrogens is 325 g/mol. The molecule has 2 heterocycles. The third-order valence-corrected chi connectivity index (χ3v) is 6.26. The van der Waals surface area contributed by atoms with Crippen molar-refractivity contribution in [2.75, 3.05) is 33.9 Å². The summed E-state index contributed by atoms with van der Waals surface area (Å²) >= 11 is 0. The summed E-state index contributed by atoms with van der Waals surface area (Å²) in [6.07, 6.45) is 1.58. The molecular formula is C15H20FNO5S. The van der Waals surface area contributed by atoms with Gasteiger partial charge in [0.2, 0.25) is 10.0 Å². The van der Waals surface area contributed by atoms with E-state index in [1.54, 1.807) is 7.11 Å². The van der Waals surface area contributed by atoms with Crippen LogP contribution in [-0.2, 0) is 19.5 Å². The zero-order chi connectivity index (χ0) is 16.7. The van der Waals surface area contributed by atoms with Crippen LogP contribution in [0, 0.1) is 5.82 Å². The van der Waals surface area contributed by atoms with Gasteiger partial charge >= 0.3 is 0 Å². The highest BCUT2D eigenvalue weighted by Gasteiger charge is 2.52. The molecule has 0 aromatic heterocycles. The third-order valence-electron chi connectivity index (χ3n) is 4.47. The van der Waals surface area contributed by atoms with E-state index in [4.69, 9.17) is 14.2 Å². The Morgan fingerprint density at radius 2 is 2.09 bits per heavy atom. The number of hydrogen-bond acceptors (Lipinski definition) is 5. The first kappa shape index (κ1) is 16.6. The lowest BCUT2D eigenvalue weighted by molar-refractivity contribution is -0.173. The summed E-state index contributed by atoms with van der Waals surface area (Å²) in [4.78, 5) is -0.0789. The van der Waals surface area contributed by atoms with Crippen LogP contribution in [0.25, 0.3) is 0 Å². The highest BCUT2D eigenvalue weighted by molar-refractivity contribution is 7.89. The van der Waals surface area contributed by atoms with Gasteiger partial charge in [-0.3, -0.25) is 0 Å². The van der Waals surface area contributed by atoms with Crippen molar-refractivity contribution in [1.29, 1.82) is 0 Å². The van der Waals surface area contributed by atoms with Crippen LogP contribution < -0.4 is 4.74 Å². The molecule has 0 radical (unpaired) electrons. The third kappa shape index (κ3) is 2.96. The molecule has 8 heteroatoms. The minimum Gasteiger partial charge on any atom is -0.494 e. The van der Waals surface area contributed by atoms with Crippen LogP contribution in [0.5, 0.6) is 5.75 Å². The van der Waals surface area contributed by atoms with E-state index in [0.29, 0.717) is 13.0 Å². The van der Waals surface area contributed by atoms with Gasteiger partial charge in [0.25, 0.3) is 0 Å². The Balaban J connectivity index is 1.74. The van der Waals surface area contributed by atoms with Gasteiger partial charge in [0.15, 0.2) is 11.6 Å². The number of hydrogen-bond donors (Lipinski definition) is 0. The first-order valence-corrected chi connectivity index (χ1v) is 8.85. The van der Waals surface area contributed by atoms with Crippen LogP contribution in [0.4, 0.5) is 4.39 Å². The predicted octanol–water partition coefficient (Wildman–Crippen LogP) is 1.40. The number of ether oxygens (including phenoxy) is 3. The molecule has 2 aliphatic heterocycles. The fourth-order valence-corrected chi connectivity index (χ4v) is 4.73. The lowest BCUT2D eigenvalue weighted by Gasteiger charge is -2.51. The number of rotatable bonds is 4.